The third-order valence-electron chi connectivity index (χ3n) is 4.50. The number of amides is 1. The fourth-order valence-electron chi connectivity index (χ4n) is 2.94. The van der Waals surface area contributed by atoms with E-state index in [1.807, 2.05) is 49.4 Å². The van der Waals surface area contributed by atoms with E-state index in [4.69, 9.17) is 14.2 Å². The number of hydrogen-bond acceptors (Lipinski definition) is 5. The molecule has 7 heteroatoms. The van der Waals surface area contributed by atoms with Gasteiger partial charge in [0.05, 0.1) is 44.8 Å². The van der Waals surface area contributed by atoms with E-state index < -0.39 is 0 Å². The zero-order valence-electron chi connectivity index (χ0n) is 16.3. The van der Waals surface area contributed by atoms with Gasteiger partial charge in [-0.2, -0.15) is 5.10 Å². The molecule has 0 radical (unpaired) electrons. The van der Waals surface area contributed by atoms with Crippen molar-refractivity contribution in [3.8, 4) is 28.5 Å². The van der Waals surface area contributed by atoms with E-state index in [1.165, 1.54) is 6.20 Å². The molecule has 1 aromatic heterocycles. The van der Waals surface area contributed by atoms with E-state index in [2.05, 4.69) is 15.5 Å². The van der Waals surface area contributed by atoms with Crippen molar-refractivity contribution in [2.75, 3.05) is 21.3 Å². The normalized spacial score (nSPS) is 11.6. The number of aromatic amines is 1. The summed E-state index contributed by atoms with van der Waals surface area (Å²) < 4.78 is 15.9. The van der Waals surface area contributed by atoms with E-state index in [0.29, 0.717) is 28.5 Å². The molecule has 3 rings (SSSR count). The molecule has 7 nitrogen and oxygen atoms in total. The zero-order valence-corrected chi connectivity index (χ0v) is 16.3. The molecule has 3 aromatic rings. The lowest BCUT2D eigenvalue weighted by atomic mass is 10.1. The maximum absolute atomic E-state index is 12.9. The summed E-state index contributed by atoms with van der Waals surface area (Å²) in [5.41, 5.74) is 2.81. The Morgan fingerprint density at radius 1 is 1.04 bits per heavy atom. The summed E-state index contributed by atoms with van der Waals surface area (Å²) in [7, 11) is 4.77. The molecule has 0 saturated carbocycles. The number of ether oxygens (including phenoxy) is 3. The van der Waals surface area contributed by atoms with Gasteiger partial charge in [0.25, 0.3) is 5.91 Å². The van der Waals surface area contributed by atoms with Crippen LogP contribution in [0.3, 0.4) is 0 Å². The first-order valence-corrected chi connectivity index (χ1v) is 8.78. The first-order chi connectivity index (χ1) is 13.6. The van der Waals surface area contributed by atoms with E-state index in [0.717, 1.165) is 11.1 Å². The quantitative estimate of drug-likeness (QED) is 0.653. The molecule has 2 aromatic carbocycles. The molecule has 1 heterocycles. The highest BCUT2D eigenvalue weighted by Gasteiger charge is 2.19. The number of benzene rings is 2. The summed E-state index contributed by atoms with van der Waals surface area (Å²) in [6.45, 7) is 1.91. The minimum atomic E-state index is -0.236. The fraction of sp³-hybridized carbons (Fsp3) is 0.238. The van der Waals surface area contributed by atoms with Gasteiger partial charge in [-0.1, -0.05) is 18.2 Å². The molecule has 1 amide bonds. The van der Waals surface area contributed by atoms with E-state index in [-0.39, 0.29) is 11.9 Å². The molecule has 2 N–H and O–H groups in total. The monoisotopic (exact) mass is 381 g/mol. The Kier molecular flexibility index (Phi) is 5.84. The molecule has 28 heavy (non-hydrogen) atoms. The van der Waals surface area contributed by atoms with Crippen LogP contribution in [0.2, 0.25) is 0 Å². The minimum absolute atomic E-state index is 0.228. The highest BCUT2D eigenvalue weighted by atomic mass is 16.5. The zero-order chi connectivity index (χ0) is 20.1. The van der Waals surface area contributed by atoms with Crippen LogP contribution in [0.25, 0.3) is 11.3 Å². The van der Waals surface area contributed by atoms with Gasteiger partial charge in [-0.25, -0.2) is 0 Å². The first-order valence-electron chi connectivity index (χ1n) is 8.78. The van der Waals surface area contributed by atoms with Crippen molar-refractivity contribution in [2.24, 2.45) is 0 Å². The number of nitrogens with one attached hydrogen (secondary N) is 2. The van der Waals surface area contributed by atoms with Crippen molar-refractivity contribution in [3.05, 3.63) is 59.8 Å². The summed E-state index contributed by atoms with van der Waals surface area (Å²) >= 11 is 0. The average Bonchev–Trinajstić information content (AvgIpc) is 3.23. The number of aromatic nitrogens is 2. The first kappa shape index (κ1) is 19.3. The standard InChI is InChI=1S/C21H23N3O4/c1-13(14-8-9-18(27-3)19(11-14)28-4)23-21(25)17-12-22-24-20(17)15-6-5-7-16(10-15)26-2/h5-13H,1-4H3,(H,22,24)(H,23,25)/t13-/m0/s1. The fourth-order valence-corrected chi connectivity index (χ4v) is 2.94. The van der Waals surface area contributed by atoms with Crippen LogP contribution in [0.1, 0.15) is 28.9 Å². The molecule has 0 aliphatic rings. The summed E-state index contributed by atoms with van der Waals surface area (Å²) in [5.74, 6) is 1.73. The van der Waals surface area contributed by atoms with Crippen molar-refractivity contribution in [1.29, 1.82) is 0 Å². The van der Waals surface area contributed by atoms with E-state index in [1.54, 1.807) is 21.3 Å². The second-order valence-corrected chi connectivity index (χ2v) is 6.20. The summed E-state index contributed by atoms with van der Waals surface area (Å²) in [6, 6.07) is 12.8. The van der Waals surface area contributed by atoms with Gasteiger partial charge < -0.3 is 19.5 Å². The van der Waals surface area contributed by atoms with Crippen LogP contribution >= 0.6 is 0 Å². The van der Waals surface area contributed by atoms with E-state index in [9.17, 15) is 4.79 Å². The van der Waals surface area contributed by atoms with Gasteiger partial charge in [0, 0.05) is 5.56 Å². The van der Waals surface area contributed by atoms with Gasteiger partial charge in [0.15, 0.2) is 11.5 Å². The lowest BCUT2D eigenvalue weighted by Crippen LogP contribution is -2.26. The Morgan fingerprint density at radius 2 is 1.82 bits per heavy atom. The van der Waals surface area contributed by atoms with Crippen LogP contribution in [0.4, 0.5) is 0 Å². The maximum Gasteiger partial charge on any atom is 0.255 e. The number of hydrogen-bond donors (Lipinski definition) is 2. The molecule has 0 saturated heterocycles. The van der Waals surface area contributed by atoms with Crippen molar-refractivity contribution in [1.82, 2.24) is 15.5 Å². The minimum Gasteiger partial charge on any atom is -0.497 e. The van der Waals surface area contributed by atoms with Crippen LogP contribution in [0.5, 0.6) is 17.2 Å². The number of rotatable bonds is 7. The molecule has 0 aliphatic carbocycles. The Bertz CT molecular complexity index is 968. The summed E-state index contributed by atoms with van der Waals surface area (Å²) in [6.07, 6.45) is 1.52. The average molecular weight is 381 g/mol. The molecule has 0 fully saturated rings. The van der Waals surface area contributed by atoms with Gasteiger partial charge in [-0.15, -0.1) is 0 Å². The topological polar surface area (TPSA) is 85.5 Å². The smallest absolute Gasteiger partial charge is 0.255 e. The summed E-state index contributed by atoms with van der Waals surface area (Å²) in [4.78, 5) is 12.9. The number of nitrogens with zero attached hydrogens (tertiary/aromatic N) is 1. The van der Waals surface area contributed by atoms with Crippen molar-refractivity contribution in [2.45, 2.75) is 13.0 Å². The Hall–Kier alpha value is -3.48. The van der Waals surface area contributed by atoms with Crippen LogP contribution < -0.4 is 19.5 Å². The molecule has 146 valence electrons. The molecule has 0 bridgehead atoms. The van der Waals surface area contributed by atoms with Gasteiger partial charge >= 0.3 is 0 Å². The molecule has 1 atom stereocenters. The van der Waals surface area contributed by atoms with Gasteiger partial charge in [-0.3, -0.25) is 9.89 Å². The Balaban J connectivity index is 1.81. The lowest BCUT2D eigenvalue weighted by molar-refractivity contribution is 0.0940. The second kappa shape index (κ2) is 8.47. The molecule has 0 spiro atoms. The largest absolute Gasteiger partial charge is 0.497 e. The van der Waals surface area contributed by atoms with Crippen LogP contribution in [0, 0.1) is 0 Å². The molecular formula is C21H23N3O4. The summed E-state index contributed by atoms with van der Waals surface area (Å²) in [5, 5.41) is 9.94. The highest BCUT2D eigenvalue weighted by molar-refractivity contribution is 6.00. The number of H-pyrrole nitrogens is 1. The predicted octanol–water partition coefficient (Wildman–Crippen LogP) is 3.59. The van der Waals surface area contributed by atoms with Crippen molar-refractivity contribution < 1.29 is 19.0 Å². The predicted molar refractivity (Wildman–Crippen MR) is 106 cm³/mol. The van der Waals surface area contributed by atoms with Gasteiger partial charge in [0.2, 0.25) is 0 Å². The van der Waals surface area contributed by atoms with Gasteiger partial charge in [-0.05, 0) is 36.8 Å². The van der Waals surface area contributed by atoms with Crippen molar-refractivity contribution in [3.63, 3.8) is 0 Å². The third kappa shape index (κ3) is 3.93. The highest BCUT2D eigenvalue weighted by Crippen LogP contribution is 2.30. The Labute approximate surface area is 163 Å². The molecular weight excluding hydrogens is 358 g/mol. The Morgan fingerprint density at radius 3 is 2.54 bits per heavy atom. The number of carbonyl (C=O) groups is 1. The third-order valence-corrected chi connectivity index (χ3v) is 4.50. The van der Waals surface area contributed by atoms with Crippen molar-refractivity contribution >= 4 is 5.91 Å². The lowest BCUT2D eigenvalue weighted by Gasteiger charge is -2.16. The maximum atomic E-state index is 12.9. The second-order valence-electron chi connectivity index (χ2n) is 6.20. The van der Waals surface area contributed by atoms with Crippen LogP contribution in [0.15, 0.2) is 48.7 Å². The number of carbonyl (C=O) groups excluding carboxylic acids is 1. The SMILES string of the molecule is COc1cccc(-c2[nH]ncc2C(=O)N[C@@H](C)c2ccc(OC)c(OC)c2)c1. The van der Waals surface area contributed by atoms with Crippen LogP contribution in [-0.2, 0) is 0 Å². The number of methoxy groups -OCH3 is 3. The molecule has 0 unspecified atom stereocenters. The van der Waals surface area contributed by atoms with E-state index >= 15 is 0 Å². The van der Waals surface area contributed by atoms with Crippen LogP contribution in [-0.4, -0.2) is 37.4 Å². The van der Waals surface area contributed by atoms with Gasteiger partial charge in [0.1, 0.15) is 5.75 Å². The molecule has 0 aliphatic heterocycles.